The zero-order valence-electron chi connectivity index (χ0n) is 20.7. The lowest BCUT2D eigenvalue weighted by molar-refractivity contribution is -0.385. The van der Waals surface area contributed by atoms with Gasteiger partial charge in [-0.15, -0.1) is 0 Å². The predicted octanol–water partition coefficient (Wildman–Crippen LogP) is 7.00. The Labute approximate surface area is 245 Å². The predicted molar refractivity (Wildman–Crippen MR) is 150 cm³/mol. The number of hydrazine groups is 1. The fourth-order valence-corrected chi connectivity index (χ4v) is 4.80. The molecule has 0 saturated carbocycles. The van der Waals surface area contributed by atoms with Gasteiger partial charge < -0.3 is 9.47 Å². The van der Waals surface area contributed by atoms with Crippen molar-refractivity contribution in [2.75, 3.05) is 6.61 Å². The highest BCUT2D eigenvalue weighted by Crippen LogP contribution is 2.41. The second-order valence-corrected chi connectivity index (χ2v) is 10.3. The van der Waals surface area contributed by atoms with Crippen molar-refractivity contribution in [1.29, 1.82) is 0 Å². The third-order valence-electron chi connectivity index (χ3n) is 5.38. The van der Waals surface area contributed by atoms with Gasteiger partial charge in [-0.1, -0.05) is 29.4 Å². The summed E-state index contributed by atoms with van der Waals surface area (Å²) >= 11 is 12.0. The Morgan fingerprint density at radius 2 is 1.80 bits per heavy atom. The Hall–Kier alpha value is -4.14. The van der Waals surface area contributed by atoms with Gasteiger partial charge in [0.2, 0.25) is 5.75 Å². The molecule has 1 heterocycles. The fourth-order valence-electron chi connectivity index (χ4n) is 3.49. The number of rotatable bonds is 8. The van der Waals surface area contributed by atoms with E-state index in [1.54, 1.807) is 6.92 Å². The van der Waals surface area contributed by atoms with E-state index in [4.69, 9.17) is 33.3 Å². The molecule has 0 atom stereocenters. The van der Waals surface area contributed by atoms with Crippen LogP contribution in [0.1, 0.15) is 28.4 Å². The summed E-state index contributed by atoms with van der Waals surface area (Å²) in [6.07, 6.45) is -3.29. The SMILES string of the molecule is CCOc1cc(/C=C2/SC(=S)N(NC(=O)c3ccc(Cl)cc3)C2=O)ccc1Oc1ccc(C(F)(F)F)cc1[N+](=O)[O-]. The molecule has 0 radical (unpaired) electrons. The smallest absolute Gasteiger partial charge is 0.416 e. The Bertz CT molecular complexity index is 1580. The third kappa shape index (κ3) is 6.96. The van der Waals surface area contributed by atoms with Crippen LogP contribution in [0.15, 0.2) is 65.6 Å². The molecule has 3 aromatic rings. The molecule has 2 amide bonds. The van der Waals surface area contributed by atoms with E-state index in [-0.39, 0.29) is 32.9 Å². The van der Waals surface area contributed by atoms with Crippen LogP contribution in [0.5, 0.6) is 17.2 Å². The number of thiocarbonyl (C=S) groups is 1. The first-order valence-electron chi connectivity index (χ1n) is 11.5. The van der Waals surface area contributed by atoms with Crippen LogP contribution in [-0.4, -0.2) is 32.7 Å². The molecular weight excluding hydrogens is 607 g/mol. The molecule has 1 aliphatic heterocycles. The maximum atomic E-state index is 13.0. The first kappa shape index (κ1) is 29.8. The van der Waals surface area contributed by atoms with E-state index in [1.165, 1.54) is 48.5 Å². The average Bonchev–Trinajstić information content (AvgIpc) is 3.17. The summed E-state index contributed by atoms with van der Waals surface area (Å²) in [6, 6.07) is 12.3. The van der Waals surface area contributed by atoms with Gasteiger partial charge in [-0.3, -0.25) is 25.1 Å². The Morgan fingerprint density at radius 3 is 2.44 bits per heavy atom. The second kappa shape index (κ2) is 12.2. The highest BCUT2D eigenvalue weighted by atomic mass is 35.5. The van der Waals surface area contributed by atoms with E-state index in [9.17, 15) is 32.9 Å². The lowest BCUT2D eigenvalue weighted by Crippen LogP contribution is -2.44. The standard InChI is InChI=1S/C26H17ClF3N3O6S2/c1-2-38-21-11-14(3-9-20(21)39-19-10-6-16(26(28,29)30)13-18(19)33(36)37)12-22-24(35)32(25(40)41-22)31-23(34)15-4-7-17(27)8-5-15/h3-13H,2H2,1H3,(H,31,34)/b22-12+. The molecule has 3 aromatic carbocycles. The van der Waals surface area contributed by atoms with Crippen molar-refractivity contribution in [2.24, 2.45) is 0 Å². The van der Waals surface area contributed by atoms with E-state index >= 15 is 0 Å². The zero-order valence-corrected chi connectivity index (χ0v) is 23.1. The summed E-state index contributed by atoms with van der Waals surface area (Å²) in [5.41, 5.74) is 1.09. The van der Waals surface area contributed by atoms with Crippen LogP contribution < -0.4 is 14.9 Å². The maximum Gasteiger partial charge on any atom is 0.416 e. The summed E-state index contributed by atoms with van der Waals surface area (Å²) in [7, 11) is 0. The molecule has 15 heteroatoms. The minimum absolute atomic E-state index is 0.00497. The molecule has 0 aromatic heterocycles. The number of thioether (sulfide) groups is 1. The summed E-state index contributed by atoms with van der Waals surface area (Å²) < 4.78 is 50.4. The molecule has 0 unspecified atom stereocenters. The van der Waals surface area contributed by atoms with Gasteiger partial charge in [-0.2, -0.15) is 18.2 Å². The fraction of sp³-hybridized carbons (Fsp3) is 0.115. The number of halogens is 4. The van der Waals surface area contributed by atoms with E-state index < -0.39 is 39.9 Å². The number of ether oxygens (including phenoxy) is 2. The molecular formula is C26H17ClF3N3O6S2. The maximum absolute atomic E-state index is 13.0. The summed E-state index contributed by atoms with van der Waals surface area (Å²) in [5, 5.41) is 12.8. The lowest BCUT2D eigenvalue weighted by Gasteiger charge is -2.15. The first-order valence-corrected chi connectivity index (χ1v) is 13.1. The number of nitrogens with zero attached hydrogens (tertiary/aromatic N) is 2. The lowest BCUT2D eigenvalue weighted by atomic mass is 10.1. The number of nitro groups is 1. The molecule has 1 N–H and O–H groups in total. The summed E-state index contributed by atoms with van der Waals surface area (Å²) in [6.45, 7) is 1.83. The Balaban J connectivity index is 1.57. The average molecular weight is 624 g/mol. The van der Waals surface area contributed by atoms with Crippen molar-refractivity contribution in [3.63, 3.8) is 0 Å². The van der Waals surface area contributed by atoms with Crippen molar-refractivity contribution >= 4 is 63.5 Å². The largest absolute Gasteiger partial charge is 0.490 e. The topological polar surface area (TPSA) is 111 Å². The summed E-state index contributed by atoms with van der Waals surface area (Å²) in [5.74, 6) is -1.47. The molecule has 1 aliphatic rings. The third-order valence-corrected chi connectivity index (χ3v) is 6.94. The van der Waals surface area contributed by atoms with Crippen LogP contribution >= 0.6 is 35.6 Å². The van der Waals surface area contributed by atoms with Crippen molar-refractivity contribution in [1.82, 2.24) is 10.4 Å². The summed E-state index contributed by atoms with van der Waals surface area (Å²) in [4.78, 5) is 36.1. The number of hydrogen-bond donors (Lipinski definition) is 1. The number of nitro benzene ring substituents is 1. The minimum Gasteiger partial charge on any atom is -0.490 e. The first-order chi connectivity index (χ1) is 19.4. The zero-order chi connectivity index (χ0) is 29.9. The van der Waals surface area contributed by atoms with Crippen LogP contribution in [-0.2, 0) is 11.0 Å². The quantitative estimate of drug-likeness (QED) is 0.124. The second-order valence-electron chi connectivity index (χ2n) is 8.14. The van der Waals surface area contributed by atoms with Crippen molar-refractivity contribution in [3.05, 3.63) is 97.4 Å². The number of hydrogen-bond acceptors (Lipinski definition) is 8. The van der Waals surface area contributed by atoms with Crippen molar-refractivity contribution in [2.45, 2.75) is 13.1 Å². The number of carbonyl (C=O) groups is 2. The number of nitrogens with one attached hydrogen (secondary N) is 1. The van der Waals surface area contributed by atoms with Gasteiger partial charge in [-0.05, 0) is 79.3 Å². The van der Waals surface area contributed by atoms with Crippen LogP contribution in [0, 0.1) is 10.1 Å². The van der Waals surface area contributed by atoms with Gasteiger partial charge in [0.25, 0.3) is 11.8 Å². The number of benzene rings is 3. The minimum atomic E-state index is -4.78. The van der Waals surface area contributed by atoms with E-state index in [2.05, 4.69) is 5.43 Å². The highest BCUT2D eigenvalue weighted by Gasteiger charge is 2.35. The molecule has 1 saturated heterocycles. The molecule has 1 fully saturated rings. The molecule has 4 rings (SSSR count). The van der Waals surface area contributed by atoms with Gasteiger partial charge in [0.15, 0.2) is 15.8 Å². The monoisotopic (exact) mass is 623 g/mol. The molecule has 41 heavy (non-hydrogen) atoms. The Morgan fingerprint density at radius 1 is 1.12 bits per heavy atom. The number of alkyl halides is 3. The van der Waals surface area contributed by atoms with E-state index in [1.807, 2.05) is 0 Å². The van der Waals surface area contributed by atoms with Gasteiger partial charge in [0.1, 0.15) is 0 Å². The van der Waals surface area contributed by atoms with E-state index in [0.717, 1.165) is 22.8 Å². The van der Waals surface area contributed by atoms with Crippen molar-refractivity contribution in [3.8, 4) is 17.2 Å². The molecule has 0 aliphatic carbocycles. The van der Waals surface area contributed by atoms with Crippen molar-refractivity contribution < 1.29 is 37.2 Å². The molecule has 0 spiro atoms. The van der Waals surface area contributed by atoms with Crippen LogP contribution in [0.2, 0.25) is 5.02 Å². The van der Waals surface area contributed by atoms with Crippen LogP contribution in [0.25, 0.3) is 6.08 Å². The normalized spacial score (nSPS) is 14.4. The number of amides is 2. The van der Waals surface area contributed by atoms with Gasteiger partial charge in [0, 0.05) is 16.7 Å². The van der Waals surface area contributed by atoms with Gasteiger partial charge in [0.05, 0.1) is 22.0 Å². The number of carbonyl (C=O) groups excluding carboxylic acids is 2. The molecule has 9 nitrogen and oxygen atoms in total. The van der Waals surface area contributed by atoms with Gasteiger partial charge in [-0.25, -0.2) is 0 Å². The molecule has 212 valence electrons. The van der Waals surface area contributed by atoms with Crippen LogP contribution in [0.3, 0.4) is 0 Å². The molecule has 0 bridgehead atoms. The highest BCUT2D eigenvalue weighted by molar-refractivity contribution is 8.26. The van der Waals surface area contributed by atoms with E-state index in [0.29, 0.717) is 22.7 Å². The Kier molecular flexibility index (Phi) is 8.85. The van der Waals surface area contributed by atoms with Gasteiger partial charge >= 0.3 is 11.9 Å². The van der Waals surface area contributed by atoms with Crippen LogP contribution in [0.4, 0.5) is 18.9 Å².